The largest absolute Gasteiger partial charge is 0.416 e. The van der Waals surface area contributed by atoms with E-state index in [-0.39, 0.29) is 23.0 Å². The number of thioether (sulfide) groups is 1. The number of nitrogens with one attached hydrogen (secondary N) is 1. The standard InChI is InChI=1S/C10H11F3N2OS/c1-17-5-9(16)15-8-3-2-6(4-7(8)14)10(11,12)13/h2-4H,5,14H2,1H3,(H,15,16). The van der Waals surface area contributed by atoms with Gasteiger partial charge in [-0.3, -0.25) is 4.79 Å². The highest BCUT2D eigenvalue weighted by molar-refractivity contribution is 7.99. The summed E-state index contributed by atoms with van der Waals surface area (Å²) >= 11 is 1.31. The van der Waals surface area contributed by atoms with Crippen LogP contribution in [0.4, 0.5) is 24.5 Å². The van der Waals surface area contributed by atoms with Gasteiger partial charge in [-0.2, -0.15) is 24.9 Å². The van der Waals surface area contributed by atoms with Crippen molar-refractivity contribution in [3.63, 3.8) is 0 Å². The van der Waals surface area contributed by atoms with Crippen LogP contribution in [-0.4, -0.2) is 17.9 Å². The number of alkyl halides is 3. The van der Waals surface area contributed by atoms with E-state index in [2.05, 4.69) is 5.32 Å². The summed E-state index contributed by atoms with van der Waals surface area (Å²) in [7, 11) is 0. The monoisotopic (exact) mass is 264 g/mol. The first-order valence-electron chi connectivity index (χ1n) is 4.60. The summed E-state index contributed by atoms with van der Waals surface area (Å²) in [5, 5.41) is 2.44. The molecule has 3 N–H and O–H groups in total. The number of anilines is 2. The van der Waals surface area contributed by atoms with Crippen molar-refractivity contribution in [3.05, 3.63) is 23.8 Å². The first kappa shape index (κ1) is 13.7. The SMILES string of the molecule is CSCC(=O)Nc1ccc(C(F)(F)F)cc1N. The summed E-state index contributed by atoms with van der Waals surface area (Å²) in [6.45, 7) is 0. The summed E-state index contributed by atoms with van der Waals surface area (Å²) in [5.41, 5.74) is 4.69. The highest BCUT2D eigenvalue weighted by Crippen LogP contribution is 2.32. The smallest absolute Gasteiger partial charge is 0.397 e. The third-order valence-electron chi connectivity index (χ3n) is 1.93. The molecule has 0 radical (unpaired) electrons. The van der Waals surface area contributed by atoms with E-state index >= 15 is 0 Å². The van der Waals surface area contributed by atoms with Crippen LogP contribution in [0.1, 0.15) is 5.56 Å². The highest BCUT2D eigenvalue weighted by atomic mass is 32.2. The Bertz CT molecular complexity index is 421. The Morgan fingerprint density at radius 1 is 1.47 bits per heavy atom. The number of nitrogen functional groups attached to an aromatic ring is 1. The van der Waals surface area contributed by atoms with Crippen LogP contribution in [0.15, 0.2) is 18.2 Å². The second kappa shape index (κ2) is 5.31. The predicted octanol–water partition coefficient (Wildman–Crippen LogP) is 2.59. The van der Waals surface area contributed by atoms with Crippen molar-refractivity contribution in [2.45, 2.75) is 6.18 Å². The van der Waals surface area contributed by atoms with Gasteiger partial charge in [0, 0.05) is 0 Å². The van der Waals surface area contributed by atoms with Gasteiger partial charge in [-0.15, -0.1) is 0 Å². The molecule has 0 saturated carbocycles. The number of carbonyl (C=O) groups excluding carboxylic acids is 1. The molecule has 94 valence electrons. The third kappa shape index (κ3) is 3.85. The van der Waals surface area contributed by atoms with E-state index in [9.17, 15) is 18.0 Å². The number of benzene rings is 1. The van der Waals surface area contributed by atoms with Crippen molar-refractivity contribution in [1.82, 2.24) is 0 Å². The normalized spacial score (nSPS) is 11.3. The summed E-state index contributed by atoms with van der Waals surface area (Å²) in [6.07, 6.45) is -2.69. The molecule has 1 aromatic carbocycles. The van der Waals surface area contributed by atoms with Gasteiger partial charge in [-0.1, -0.05) is 0 Å². The fourth-order valence-electron chi connectivity index (χ4n) is 1.17. The van der Waals surface area contributed by atoms with Crippen LogP contribution in [0.25, 0.3) is 0 Å². The summed E-state index contributed by atoms with van der Waals surface area (Å²) < 4.78 is 37.0. The maximum atomic E-state index is 12.3. The molecule has 0 unspecified atom stereocenters. The minimum absolute atomic E-state index is 0.103. The van der Waals surface area contributed by atoms with Crippen LogP contribution in [0.2, 0.25) is 0 Å². The zero-order valence-corrected chi connectivity index (χ0v) is 9.78. The molecule has 0 aliphatic heterocycles. The topological polar surface area (TPSA) is 55.1 Å². The van der Waals surface area contributed by atoms with Gasteiger partial charge in [-0.25, -0.2) is 0 Å². The highest BCUT2D eigenvalue weighted by Gasteiger charge is 2.30. The number of halogens is 3. The molecule has 3 nitrogen and oxygen atoms in total. The van der Waals surface area contributed by atoms with Crippen molar-refractivity contribution in [2.24, 2.45) is 0 Å². The molecule has 0 atom stereocenters. The number of amides is 1. The molecule has 0 aliphatic rings. The lowest BCUT2D eigenvalue weighted by molar-refractivity contribution is -0.137. The van der Waals surface area contributed by atoms with E-state index in [4.69, 9.17) is 5.73 Å². The molecule has 1 amide bonds. The van der Waals surface area contributed by atoms with Gasteiger partial charge >= 0.3 is 6.18 Å². The lowest BCUT2D eigenvalue weighted by Gasteiger charge is -2.11. The zero-order valence-electron chi connectivity index (χ0n) is 8.97. The Balaban J connectivity index is 2.87. The Labute approximate surface area is 101 Å². The molecule has 0 heterocycles. The lowest BCUT2D eigenvalue weighted by atomic mass is 10.1. The molecular weight excluding hydrogens is 253 g/mol. The molecular formula is C10H11F3N2OS. The minimum atomic E-state index is -4.43. The van der Waals surface area contributed by atoms with Gasteiger partial charge in [-0.05, 0) is 24.5 Å². The molecule has 0 aromatic heterocycles. The fraction of sp³-hybridized carbons (Fsp3) is 0.300. The van der Waals surface area contributed by atoms with Crippen molar-refractivity contribution in [2.75, 3.05) is 23.1 Å². The van der Waals surface area contributed by atoms with Crippen LogP contribution in [-0.2, 0) is 11.0 Å². The number of nitrogens with two attached hydrogens (primary N) is 1. The Morgan fingerprint density at radius 2 is 2.12 bits per heavy atom. The number of hydrogen-bond donors (Lipinski definition) is 2. The Kier molecular flexibility index (Phi) is 4.28. The quantitative estimate of drug-likeness (QED) is 0.825. The van der Waals surface area contributed by atoms with Gasteiger partial charge in [0.15, 0.2) is 0 Å². The van der Waals surface area contributed by atoms with Gasteiger partial charge in [0.2, 0.25) is 5.91 Å². The van der Waals surface area contributed by atoms with E-state index < -0.39 is 11.7 Å². The van der Waals surface area contributed by atoms with E-state index in [0.29, 0.717) is 0 Å². The van der Waals surface area contributed by atoms with Crippen LogP contribution in [0.3, 0.4) is 0 Å². The van der Waals surface area contributed by atoms with E-state index in [0.717, 1.165) is 18.2 Å². The molecule has 0 aliphatic carbocycles. The third-order valence-corrected chi connectivity index (χ3v) is 2.48. The molecule has 17 heavy (non-hydrogen) atoms. The lowest BCUT2D eigenvalue weighted by Crippen LogP contribution is -2.15. The molecule has 1 rings (SSSR count). The van der Waals surface area contributed by atoms with Gasteiger partial charge in [0.25, 0.3) is 0 Å². The molecule has 0 bridgehead atoms. The fourth-order valence-corrected chi connectivity index (χ4v) is 1.50. The second-order valence-corrected chi connectivity index (χ2v) is 4.15. The maximum Gasteiger partial charge on any atom is 0.416 e. The average molecular weight is 264 g/mol. The van der Waals surface area contributed by atoms with E-state index in [1.807, 2.05) is 0 Å². The molecule has 7 heteroatoms. The van der Waals surface area contributed by atoms with E-state index in [1.54, 1.807) is 6.26 Å². The van der Waals surface area contributed by atoms with Crippen molar-refractivity contribution < 1.29 is 18.0 Å². The molecule has 0 spiro atoms. The van der Waals surface area contributed by atoms with Gasteiger partial charge in [0.1, 0.15) is 0 Å². The van der Waals surface area contributed by atoms with Crippen LogP contribution < -0.4 is 11.1 Å². The number of carbonyl (C=O) groups is 1. The predicted molar refractivity (Wildman–Crippen MR) is 62.9 cm³/mol. The first-order chi connectivity index (χ1) is 7.84. The Morgan fingerprint density at radius 3 is 2.59 bits per heavy atom. The van der Waals surface area contributed by atoms with E-state index in [1.165, 1.54) is 11.8 Å². The minimum Gasteiger partial charge on any atom is -0.397 e. The number of rotatable bonds is 3. The van der Waals surface area contributed by atoms with Gasteiger partial charge in [0.05, 0.1) is 22.7 Å². The molecule has 0 fully saturated rings. The average Bonchev–Trinajstić information content (AvgIpc) is 2.20. The second-order valence-electron chi connectivity index (χ2n) is 3.28. The summed E-state index contributed by atoms with van der Waals surface area (Å²) in [5.74, 6) is -0.0792. The van der Waals surface area contributed by atoms with Crippen molar-refractivity contribution in [3.8, 4) is 0 Å². The Hall–Kier alpha value is -1.37. The maximum absolute atomic E-state index is 12.3. The zero-order chi connectivity index (χ0) is 13.1. The van der Waals surface area contributed by atoms with Crippen molar-refractivity contribution >= 4 is 29.0 Å². The van der Waals surface area contributed by atoms with Crippen LogP contribution in [0.5, 0.6) is 0 Å². The molecule has 1 aromatic rings. The van der Waals surface area contributed by atoms with Gasteiger partial charge < -0.3 is 11.1 Å². The van der Waals surface area contributed by atoms with Crippen LogP contribution in [0, 0.1) is 0 Å². The first-order valence-corrected chi connectivity index (χ1v) is 5.99. The summed E-state index contributed by atoms with van der Waals surface area (Å²) in [4.78, 5) is 11.2. The molecule has 0 saturated heterocycles. The summed E-state index contributed by atoms with van der Waals surface area (Å²) in [6, 6.07) is 2.83. The van der Waals surface area contributed by atoms with Crippen LogP contribution >= 0.6 is 11.8 Å². The van der Waals surface area contributed by atoms with Crippen molar-refractivity contribution in [1.29, 1.82) is 0 Å². The number of hydrogen-bond acceptors (Lipinski definition) is 3.